The minimum absolute atomic E-state index is 0.213. The molecule has 3 nitrogen and oxygen atoms in total. The van der Waals surface area contributed by atoms with Gasteiger partial charge in [-0.15, -0.1) is 0 Å². The molecule has 0 aromatic heterocycles. The number of benzene rings is 1. The first-order valence-electron chi connectivity index (χ1n) is 3.89. The van der Waals surface area contributed by atoms with Crippen LogP contribution in [0.15, 0.2) is 18.2 Å². The summed E-state index contributed by atoms with van der Waals surface area (Å²) in [5.41, 5.74) is 3.00. The maximum absolute atomic E-state index is 11.1. The molecule has 0 aliphatic carbocycles. The Morgan fingerprint density at radius 2 is 2.14 bits per heavy atom. The fraction of sp³-hybridized carbons (Fsp3) is 0.222. The van der Waals surface area contributed by atoms with Crippen LogP contribution in [0.3, 0.4) is 0 Å². The molecule has 0 spiro atoms. The van der Waals surface area contributed by atoms with Gasteiger partial charge in [0.1, 0.15) is 0 Å². The van der Waals surface area contributed by atoms with Crippen LogP contribution in [0.5, 0.6) is 0 Å². The van der Waals surface area contributed by atoms with Crippen molar-refractivity contribution in [1.29, 1.82) is 0 Å². The van der Waals surface area contributed by atoms with Crippen LogP contribution in [0.2, 0.25) is 10.0 Å². The normalized spacial score (nSPS) is 9.93. The number of hydroxylamine groups is 1. The summed E-state index contributed by atoms with van der Waals surface area (Å²) in [6, 6.07) is 5.04. The van der Waals surface area contributed by atoms with Gasteiger partial charge in [0, 0.05) is 0 Å². The topological polar surface area (TPSA) is 38.3 Å². The van der Waals surface area contributed by atoms with E-state index in [-0.39, 0.29) is 12.3 Å². The van der Waals surface area contributed by atoms with Gasteiger partial charge < -0.3 is 0 Å². The Kier molecular flexibility index (Phi) is 4.20. The number of carbonyl (C=O) groups excluding carboxylic acids is 1. The third-order valence-electron chi connectivity index (χ3n) is 1.56. The average molecular weight is 234 g/mol. The van der Waals surface area contributed by atoms with Gasteiger partial charge >= 0.3 is 0 Å². The summed E-state index contributed by atoms with van der Waals surface area (Å²) < 4.78 is 0. The molecule has 0 aliphatic heterocycles. The molecular weight excluding hydrogens is 225 g/mol. The molecule has 0 saturated heterocycles. The molecule has 0 bridgehead atoms. The van der Waals surface area contributed by atoms with E-state index in [1.54, 1.807) is 18.2 Å². The predicted octanol–water partition coefficient (Wildman–Crippen LogP) is 2.21. The van der Waals surface area contributed by atoms with Crippen molar-refractivity contribution in [3.63, 3.8) is 0 Å². The highest BCUT2D eigenvalue weighted by Gasteiger charge is 2.04. The zero-order valence-corrected chi connectivity index (χ0v) is 9.02. The van der Waals surface area contributed by atoms with E-state index in [0.29, 0.717) is 10.0 Å². The molecule has 1 aromatic carbocycles. The zero-order valence-electron chi connectivity index (χ0n) is 7.51. The molecule has 1 amide bonds. The Morgan fingerprint density at radius 3 is 2.71 bits per heavy atom. The summed E-state index contributed by atoms with van der Waals surface area (Å²) in [5, 5.41) is 0.914. The second-order valence-corrected chi connectivity index (χ2v) is 3.47. The molecule has 1 N–H and O–H groups in total. The summed E-state index contributed by atoms with van der Waals surface area (Å²) in [4.78, 5) is 15.6. The van der Waals surface area contributed by atoms with E-state index < -0.39 is 0 Å². The van der Waals surface area contributed by atoms with Gasteiger partial charge in [0.15, 0.2) is 0 Å². The molecule has 1 rings (SSSR count). The Morgan fingerprint density at radius 1 is 1.43 bits per heavy atom. The molecule has 76 valence electrons. The lowest BCUT2D eigenvalue weighted by molar-refractivity contribution is -0.130. The van der Waals surface area contributed by atoms with E-state index in [1.807, 2.05) is 0 Å². The number of carbonyl (C=O) groups is 1. The number of nitrogens with one attached hydrogen (secondary N) is 1. The van der Waals surface area contributed by atoms with Gasteiger partial charge in [-0.05, 0) is 17.7 Å². The molecule has 0 saturated carbocycles. The number of rotatable bonds is 3. The SMILES string of the molecule is CONC(=O)Cc1ccc(Cl)c(Cl)c1. The van der Waals surface area contributed by atoms with Gasteiger partial charge in [0.05, 0.1) is 23.6 Å². The van der Waals surface area contributed by atoms with Crippen molar-refractivity contribution >= 4 is 29.1 Å². The lowest BCUT2D eigenvalue weighted by Crippen LogP contribution is -2.23. The van der Waals surface area contributed by atoms with Crippen LogP contribution >= 0.6 is 23.2 Å². The summed E-state index contributed by atoms with van der Waals surface area (Å²) in [6.07, 6.45) is 0.213. The number of hydrogen-bond acceptors (Lipinski definition) is 2. The Balaban J connectivity index is 2.68. The highest BCUT2D eigenvalue weighted by atomic mass is 35.5. The number of amides is 1. The minimum Gasteiger partial charge on any atom is -0.277 e. The minimum atomic E-state index is -0.231. The van der Waals surface area contributed by atoms with E-state index in [9.17, 15) is 4.79 Å². The molecule has 0 heterocycles. The van der Waals surface area contributed by atoms with Crippen molar-refractivity contribution in [3.8, 4) is 0 Å². The van der Waals surface area contributed by atoms with Crippen LogP contribution in [-0.2, 0) is 16.1 Å². The Bertz CT molecular complexity index is 342. The van der Waals surface area contributed by atoms with E-state index >= 15 is 0 Å². The highest BCUT2D eigenvalue weighted by Crippen LogP contribution is 2.22. The van der Waals surface area contributed by atoms with E-state index in [0.717, 1.165) is 5.56 Å². The maximum atomic E-state index is 11.1. The largest absolute Gasteiger partial charge is 0.277 e. The summed E-state index contributed by atoms with van der Waals surface area (Å²) in [6.45, 7) is 0. The molecule has 5 heteroatoms. The lowest BCUT2D eigenvalue weighted by Gasteiger charge is -2.03. The van der Waals surface area contributed by atoms with Gasteiger partial charge in [0.25, 0.3) is 0 Å². The van der Waals surface area contributed by atoms with E-state index in [4.69, 9.17) is 23.2 Å². The van der Waals surface area contributed by atoms with Crippen LogP contribution in [0.1, 0.15) is 5.56 Å². The molecule has 0 aliphatic rings. The van der Waals surface area contributed by atoms with Crippen molar-refractivity contribution in [2.45, 2.75) is 6.42 Å². The average Bonchev–Trinajstić information content (AvgIpc) is 2.12. The standard InChI is InChI=1S/C9H9Cl2NO2/c1-14-12-9(13)5-6-2-3-7(10)8(11)4-6/h2-4H,5H2,1H3,(H,12,13). The third kappa shape index (κ3) is 3.18. The lowest BCUT2D eigenvalue weighted by atomic mass is 10.1. The van der Waals surface area contributed by atoms with Crippen molar-refractivity contribution < 1.29 is 9.63 Å². The molecule has 1 aromatic rings. The number of halogens is 2. The highest BCUT2D eigenvalue weighted by molar-refractivity contribution is 6.42. The van der Waals surface area contributed by atoms with Crippen LogP contribution in [-0.4, -0.2) is 13.0 Å². The molecule has 0 radical (unpaired) electrons. The first-order chi connectivity index (χ1) is 6.63. The van der Waals surface area contributed by atoms with Gasteiger partial charge in [-0.2, -0.15) is 0 Å². The first-order valence-corrected chi connectivity index (χ1v) is 4.65. The van der Waals surface area contributed by atoms with Crippen molar-refractivity contribution in [2.75, 3.05) is 7.11 Å². The zero-order chi connectivity index (χ0) is 10.6. The van der Waals surface area contributed by atoms with Crippen LogP contribution < -0.4 is 5.48 Å². The first kappa shape index (κ1) is 11.3. The molecule has 0 atom stereocenters. The number of hydrogen-bond donors (Lipinski definition) is 1. The van der Waals surface area contributed by atoms with Crippen molar-refractivity contribution in [2.24, 2.45) is 0 Å². The Hall–Kier alpha value is -0.770. The Labute approximate surface area is 91.9 Å². The fourth-order valence-electron chi connectivity index (χ4n) is 0.985. The quantitative estimate of drug-likeness (QED) is 0.814. The van der Waals surface area contributed by atoms with Gasteiger partial charge in [-0.25, -0.2) is 5.48 Å². The molecule has 0 unspecified atom stereocenters. The molecule has 14 heavy (non-hydrogen) atoms. The molecule has 0 fully saturated rings. The summed E-state index contributed by atoms with van der Waals surface area (Å²) >= 11 is 11.5. The fourth-order valence-corrected chi connectivity index (χ4v) is 1.31. The van der Waals surface area contributed by atoms with Crippen molar-refractivity contribution in [3.05, 3.63) is 33.8 Å². The third-order valence-corrected chi connectivity index (χ3v) is 2.30. The van der Waals surface area contributed by atoms with Crippen LogP contribution in [0.4, 0.5) is 0 Å². The monoisotopic (exact) mass is 233 g/mol. The van der Waals surface area contributed by atoms with Gasteiger partial charge in [-0.3, -0.25) is 9.63 Å². The van der Waals surface area contributed by atoms with E-state index in [2.05, 4.69) is 10.3 Å². The maximum Gasteiger partial charge on any atom is 0.247 e. The van der Waals surface area contributed by atoms with Crippen LogP contribution in [0.25, 0.3) is 0 Å². The summed E-state index contributed by atoms with van der Waals surface area (Å²) in [7, 11) is 1.38. The molecular formula is C9H9Cl2NO2. The van der Waals surface area contributed by atoms with Gasteiger partial charge in [0.2, 0.25) is 5.91 Å². The van der Waals surface area contributed by atoms with Crippen LogP contribution in [0, 0.1) is 0 Å². The predicted molar refractivity (Wildman–Crippen MR) is 55.3 cm³/mol. The van der Waals surface area contributed by atoms with E-state index in [1.165, 1.54) is 7.11 Å². The second kappa shape index (κ2) is 5.20. The van der Waals surface area contributed by atoms with Crippen molar-refractivity contribution in [1.82, 2.24) is 5.48 Å². The van der Waals surface area contributed by atoms with Gasteiger partial charge in [-0.1, -0.05) is 29.3 Å². The second-order valence-electron chi connectivity index (χ2n) is 2.65. The summed E-state index contributed by atoms with van der Waals surface area (Å²) in [5.74, 6) is -0.231. The smallest absolute Gasteiger partial charge is 0.247 e.